The van der Waals surface area contributed by atoms with E-state index in [4.69, 9.17) is 52.1 Å². The molecular weight excluding hydrogens is 789 g/mol. The van der Waals surface area contributed by atoms with E-state index in [9.17, 15) is 14.4 Å². The molecule has 2 aliphatic heterocycles. The molecule has 0 amide bonds. The van der Waals surface area contributed by atoms with Crippen LogP contribution in [0.2, 0.25) is 0 Å². The fraction of sp³-hybridized carbons (Fsp3) is 0.426. The fourth-order valence-corrected chi connectivity index (χ4v) is 7.23. The molecule has 326 valence electrons. The number of hydrogen-bond donors (Lipinski definition) is 0. The van der Waals surface area contributed by atoms with Gasteiger partial charge < -0.3 is 52.1 Å². The molecule has 10 atom stereocenters. The summed E-state index contributed by atoms with van der Waals surface area (Å²) in [5.41, 5.74) is 3.78. The molecule has 0 radical (unpaired) electrons. The first-order valence-electron chi connectivity index (χ1n) is 20.2. The van der Waals surface area contributed by atoms with Crippen LogP contribution >= 0.6 is 0 Å². The molecule has 61 heavy (non-hydrogen) atoms. The Labute approximate surface area is 356 Å². The number of carbonyl (C=O) groups is 3. The van der Waals surface area contributed by atoms with Crippen molar-refractivity contribution in [1.29, 1.82) is 0 Å². The average molecular weight is 843 g/mol. The second-order valence-corrected chi connectivity index (χ2v) is 14.7. The molecule has 6 rings (SSSR count). The van der Waals surface area contributed by atoms with Gasteiger partial charge in [-0.15, -0.1) is 0 Å². The zero-order chi connectivity index (χ0) is 43.0. The van der Waals surface area contributed by atoms with Crippen molar-refractivity contribution >= 4 is 17.9 Å². The van der Waals surface area contributed by atoms with Gasteiger partial charge in [0.25, 0.3) is 0 Å². The van der Waals surface area contributed by atoms with Gasteiger partial charge in [-0.05, 0) is 22.3 Å². The molecule has 0 bridgehead atoms. The Bertz CT molecular complexity index is 1920. The van der Waals surface area contributed by atoms with Crippen molar-refractivity contribution in [2.24, 2.45) is 0 Å². The van der Waals surface area contributed by atoms with E-state index >= 15 is 0 Å². The minimum atomic E-state index is -1.31. The molecule has 0 aromatic heterocycles. The third kappa shape index (κ3) is 13.5. The Kier molecular flexibility index (Phi) is 17.3. The molecule has 2 saturated heterocycles. The molecule has 0 spiro atoms. The minimum absolute atomic E-state index is 0.132. The summed E-state index contributed by atoms with van der Waals surface area (Å²) < 4.78 is 68.3. The maximum absolute atomic E-state index is 12.5. The van der Waals surface area contributed by atoms with Gasteiger partial charge in [-0.25, -0.2) is 0 Å². The third-order valence-corrected chi connectivity index (χ3v) is 10.00. The number of carbonyl (C=O) groups excluding carboxylic acids is 3. The summed E-state index contributed by atoms with van der Waals surface area (Å²) in [4.78, 5) is 37.1. The molecule has 4 aromatic carbocycles. The number of hydrogen-bond acceptors (Lipinski definition) is 14. The normalized spacial score (nSPS) is 25.3. The molecule has 14 heteroatoms. The monoisotopic (exact) mass is 842 g/mol. The molecule has 0 aliphatic carbocycles. The molecule has 0 unspecified atom stereocenters. The number of methoxy groups -OCH3 is 1. The van der Waals surface area contributed by atoms with Gasteiger partial charge in [0.15, 0.2) is 30.9 Å². The summed E-state index contributed by atoms with van der Waals surface area (Å²) in [7, 11) is 1.35. The highest BCUT2D eigenvalue weighted by molar-refractivity contribution is 5.68. The summed E-state index contributed by atoms with van der Waals surface area (Å²) in [6.45, 7) is 4.43. The van der Waals surface area contributed by atoms with Crippen LogP contribution in [0.3, 0.4) is 0 Å². The van der Waals surface area contributed by atoms with Gasteiger partial charge in [0.1, 0.15) is 30.5 Å². The molecule has 14 nitrogen and oxygen atoms in total. The Morgan fingerprint density at radius 3 is 1.48 bits per heavy atom. The van der Waals surface area contributed by atoms with Crippen LogP contribution in [0.4, 0.5) is 0 Å². The van der Waals surface area contributed by atoms with E-state index < -0.39 is 79.3 Å². The number of esters is 3. The van der Waals surface area contributed by atoms with Crippen molar-refractivity contribution in [3.8, 4) is 0 Å². The average Bonchev–Trinajstić information content (AvgIpc) is 3.61. The number of ether oxygens (including phenoxy) is 11. The predicted octanol–water partition coefficient (Wildman–Crippen LogP) is 5.87. The van der Waals surface area contributed by atoms with Crippen LogP contribution in [0, 0.1) is 0 Å². The Morgan fingerprint density at radius 1 is 0.508 bits per heavy atom. The van der Waals surface area contributed by atoms with Gasteiger partial charge in [0.05, 0.1) is 39.6 Å². The number of benzene rings is 4. The van der Waals surface area contributed by atoms with Crippen molar-refractivity contribution in [2.45, 2.75) is 109 Å². The lowest BCUT2D eigenvalue weighted by molar-refractivity contribution is -0.311. The van der Waals surface area contributed by atoms with Crippen molar-refractivity contribution in [3.05, 3.63) is 144 Å². The van der Waals surface area contributed by atoms with Crippen molar-refractivity contribution < 1.29 is 66.5 Å². The molecule has 0 N–H and O–H groups in total. The van der Waals surface area contributed by atoms with E-state index in [-0.39, 0.29) is 33.0 Å². The van der Waals surface area contributed by atoms with Crippen LogP contribution in [0.5, 0.6) is 0 Å². The summed E-state index contributed by atoms with van der Waals surface area (Å²) in [5, 5.41) is 0. The quantitative estimate of drug-likeness (QED) is 0.0727. The first-order chi connectivity index (χ1) is 29.7. The number of rotatable bonds is 21. The standard InChI is InChI=1S/C47H54O14/c1-31(48)57-41-39(60-46(51-4)45(59-33(3)50)43(41)58-32(2)49)30-56-47-44(55-28-37-23-15-8-16-24-37)42(54-27-36-21-13-7-14-22-36)40(61-47)38(53-26-35-19-11-6-12-20-35)29-52-25-34-17-9-5-10-18-34/h5-24,38-47H,25-30H2,1-4H3/t38-,39-,40-,41-,42+,43+,44+,45-,46+,47-/m1/s1. The predicted molar refractivity (Wildman–Crippen MR) is 218 cm³/mol. The second-order valence-electron chi connectivity index (χ2n) is 14.7. The Hall–Kier alpha value is -5.03. The summed E-state index contributed by atoms with van der Waals surface area (Å²) in [5.74, 6) is -2.09. The van der Waals surface area contributed by atoms with E-state index in [1.165, 1.54) is 27.9 Å². The van der Waals surface area contributed by atoms with Crippen molar-refractivity contribution in [2.75, 3.05) is 20.3 Å². The van der Waals surface area contributed by atoms with Gasteiger partial charge in [-0.3, -0.25) is 14.4 Å². The van der Waals surface area contributed by atoms with Gasteiger partial charge >= 0.3 is 17.9 Å². The van der Waals surface area contributed by atoms with Crippen LogP contribution in [0.15, 0.2) is 121 Å². The lowest BCUT2D eigenvalue weighted by atomic mass is 9.98. The molecule has 4 aromatic rings. The van der Waals surface area contributed by atoms with Crippen LogP contribution in [0.25, 0.3) is 0 Å². The summed E-state index contributed by atoms with van der Waals surface area (Å²) in [6, 6.07) is 39.0. The topological polar surface area (TPSA) is 153 Å². The first-order valence-corrected chi connectivity index (χ1v) is 20.2. The molecular formula is C47H54O14. The maximum Gasteiger partial charge on any atom is 0.303 e. The third-order valence-electron chi connectivity index (χ3n) is 10.00. The Morgan fingerprint density at radius 2 is 0.967 bits per heavy atom. The van der Waals surface area contributed by atoms with Crippen LogP contribution < -0.4 is 0 Å². The smallest absolute Gasteiger partial charge is 0.303 e. The Balaban J connectivity index is 1.32. The SMILES string of the molecule is CO[C@H]1O[C@H](CO[C@@H]2O[C@H]([C@@H](COCc3ccccc3)OCc3ccccc3)[C@H](OCc3ccccc3)[C@@H]2OCc2ccccc2)[C@@H](OC(C)=O)[C@H](OC(C)=O)[C@H]1OC(C)=O. The van der Waals surface area contributed by atoms with E-state index in [1.807, 2.05) is 121 Å². The highest BCUT2D eigenvalue weighted by atomic mass is 16.8. The summed E-state index contributed by atoms with van der Waals surface area (Å²) >= 11 is 0. The first kappa shape index (κ1) is 45.5. The lowest BCUT2D eigenvalue weighted by Crippen LogP contribution is -2.62. The summed E-state index contributed by atoms with van der Waals surface area (Å²) in [6.07, 6.45) is -10.4. The van der Waals surface area contributed by atoms with Gasteiger partial charge in [-0.1, -0.05) is 121 Å². The van der Waals surface area contributed by atoms with E-state index in [0.717, 1.165) is 22.3 Å². The molecule has 0 saturated carbocycles. The highest BCUT2D eigenvalue weighted by Crippen LogP contribution is 2.35. The van der Waals surface area contributed by atoms with Gasteiger partial charge in [0, 0.05) is 27.9 Å². The van der Waals surface area contributed by atoms with E-state index in [2.05, 4.69) is 0 Å². The minimum Gasteiger partial charge on any atom is -0.456 e. The fourth-order valence-electron chi connectivity index (χ4n) is 7.23. The van der Waals surface area contributed by atoms with Crippen LogP contribution in [0.1, 0.15) is 43.0 Å². The van der Waals surface area contributed by atoms with E-state index in [0.29, 0.717) is 6.61 Å². The van der Waals surface area contributed by atoms with Crippen molar-refractivity contribution in [1.82, 2.24) is 0 Å². The van der Waals surface area contributed by atoms with Gasteiger partial charge in [0.2, 0.25) is 0 Å². The molecule has 2 aliphatic rings. The molecule has 2 heterocycles. The van der Waals surface area contributed by atoms with Crippen LogP contribution in [-0.4, -0.2) is 99.6 Å². The second kappa shape index (κ2) is 23.3. The van der Waals surface area contributed by atoms with Crippen LogP contribution in [-0.2, 0) is 92.9 Å². The molecule has 2 fully saturated rings. The largest absolute Gasteiger partial charge is 0.456 e. The maximum atomic E-state index is 12.5. The lowest BCUT2D eigenvalue weighted by Gasteiger charge is -2.44. The van der Waals surface area contributed by atoms with Gasteiger partial charge in [-0.2, -0.15) is 0 Å². The van der Waals surface area contributed by atoms with Crippen molar-refractivity contribution in [3.63, 3.8) is 0 Å². The highest BCUT2D eigenvalue weighted by Gasteiger charge is 2.54. The zero-order valence-corrected chi connectivity index (χ0v) is 34.8. The van der Waals surface area contributed by atoms with E-state index in [1.54, 1.807) is 0 Å². The zero-order valence-electron chi connectivity index (χ0n) is 34.8.